The third-order valence-electron chi connectivity index (χ3n) is 3.74. The van der Waals surface area contributed by atoms with Crippen molar-refractivity contribution in [2.45, 2.75) is 38.6 Å². The molecule has 0 bridgehead atoms. The maximum absolute atomic E-state index is 5.45. The minimum absolute atomic E-state index is 0.202. The van der Waals surface area contributed by atoms with Crippen LogP contribution in [0.2, 0.25) is 0 Å². The Morgan fingerprint density at radius 1 is 1.37 bits per heavy atom. The zero-order chi connectivity index (χ0) is 13.3. The van der Waals surface area contributed by atoms with Gasteiger partial charge in [-0.1, -0.05) is 11.2 Å². The van der Waals surface area contributed by atoms with E-state index in [1.165, 1.54) is 12.8 Å². The highest BCUT2D eigenvalue weighted by Crippen LogP contribution is 2.30. The SMILES string of the molecule is Cc1cccnc1-c1noc(C2(C)CCCCN2)n1. The standard InChI is InChI=1S/C14H18N4O/c1-10-6-5-8-15-11(10)12-17-13(19-18-12)14(2)7-3-4-9-16-14/h5-6,8,16H,3-4,7,9H2,1-2H3. The van der Waals surface area contributed by atoms with E-state index in [2.05, 4.69) is 27.4 Å². The number of aryl methyl sites for hydroxylation is 1. The van der Waals surface area contributed by atoms with Crippen molar-refractivity contribution in [1.82, 2.24) is 20.4 Å². The lowest BCUT2D eigenvalue weighted by molar-refractivity contribution is 0.207. The second-order valence-electron chi connectivity index (χ2n) is 5.31. The molecular formula is C14H18N4O. The van der Waals surface area contributed by atoms with Crippen molar-refractivity contribution in [2.75, 3.05) is 6.54 Å². The smallest absolute Gasteiger partial charge is 0.247 e. The van der Waals surface area contributed by atoms with Gasteiger partial charge in [-0.15, -0.1) is 0 Å². The maximum Gasteiger partial charge on any atom is 0.247 e. The number of rotatable bonds is 2. The average Bonchev–Trinajstić information content (AvgIpc) is 2.90. The first-order valence-electron chi connectivity index (χ1n) is 6.70. The van der Waals surface area contributed by atoms with E-state index in [0.717, 1.165) is 24.2 Å². The third kappa shape index (κ3) is 2.26. The molecule has 0 radical (unpaired) electrons. The highest BCUT2D eigenvalue weighted by molar-refractivity contribution is 5.53. The van der Waals surface area contributed by atoms with E-state index in [4.69, 9.17) is 4.52 Å². The number of nitrogens with zero attached hydrogens (tertiary/aromatic N) is 3. The molecule has 0 spiro atoms. The van der Waals surface area contributed by atoms with Crippen LogP contribution in [0.4, 0.5) is 0 Å². The summed E-state index contributed by atoms with van der Waals surface area (Å²) in [5.41, 5.74) is 1.64. The summed E-state index contributed by atoms with van der Waals surface area (Å²) < 4.78 is 5.45. The first-order chi connectivity index (χ1) is 9.19. The van der Waals surface area contributed by atoms with Crippen molar-refractivity contribution >= 4 is 0 Å². The fourth-order valence-corrected chi connectivity index (χ4v) is 2.50. The van der Waals surface area contributed by atoms with Gasteiger partial charge in [-0.05, 0) is 51.3 Å². The minimum atomic E-state index is -0.202. The molecule has 1 aliphatic rings. The summed E-state index contributed by atoms with van der Waals surface area (Å²) in [6.45, 7) is 5.12. The van der Waals surface area contributed by atoms with Crippen molar-refractivity contribution in [3.63, 3.8) is 0 Å². The summed E-state index contributed by atoms with van der Waals surface area (Å²) >= 11 is 0. The number of piperidine rings is 1. The zero-order valence-corrected chi connectivity index (χ0v) is 11.3. The van der Waals surface area contributed by atoms with Gasteiger partial charge in [-0.2, -0.15) is 4.98 Å². The van der Waals surface area contributed by atoms with E-state index in [1.54, 1.807) is 6.20 Å². The molecule has 0 saturated carbocycles. The van der Waals surface area contributed by atoms with Gasteiger partial charge in [0, 0.05) is 6.20 Å². The Balaban J connectivity index is 1.93. The molecule has 5 nitrogen and oxygen atoms in total. The number of nitrogens with one attached hydrogen (secondary N) is 1. The topological polar surface area (TPSA) is 63.8 Å². The van der Waals surface area contributed by atoms with Gasteiger partial charge in [0.1, 0.15) is 5.69 Å². The number of pyridine rings is 1. The summed E-state index contributed by atoms with van der Waals surface area (Å²) in [4.78, 5) is 8.86. The Morgan fingerprint density at radius 3 is 3.00 bits per heavy atom. The Kier molecular flexibility index (Phi) is 3.06. The zero-order valence-electron chi connectivity index (χ0n) is 11.3. The van der Waals surface area contributed by atoms with Gasteiger partial charge < -0.3 is 9.84 Å². The number of hydrogen-bond acceptors (Lipinski definition) is 5. The fourth-order valence-electron chi connectivity index (χ4n) is 2.50. The summed E-state index contributed by atoms with van der Waals surface area (Å²) in [5.74, 6) is 1.23. The molecule has 100 valence electrons. The Labute approximate surface area is 112 Å². The lowest BCUT2D eigenvalue weighted by atomic mass is 9.91. The summed E-state index contributed by atoms with van der Waals surface area (Å²) in [6.07, 6.45) is 5.16. The van der Waals surface area contributed by atoms with Crippen LogP contribution in [0.5, 0.6) is 0 Å². The summed E-state index contributed by atoms with van der Waals surface area (Å²) in [5, 5.41) is 7.55. The van der Waals surface area contributed by atoms with Gasteiger partial charge in [0.15, 0.2) is 0 Å². The van der Waals surface area contributed by atoms with E-state index in [1.807, 2.05) is 19.1 Å². The molecule has 1 aliphatic heterocycles. The van der Waals surface area contributed by atoms with Crippen LogP contribution in [-0.4, -0.2) is 21.7 Å². The molecule has 3 rings (SSSR count). The molecule has 0 amide bonds. The first kappa shape index (κ1) is 12.3. The summed E-state index contributed by atoms with van der Waals surface area (Å²) in [6, 6.07) is 3.91. The fraction of sp³-hybridized carbons (Fsp3) is 0.500. The molecule has 1 N–H and O–H groups in total. The Bertz CT molecular complexity index is 572. The molecule has 3 heterocycles. The van der Waals surface area contributed by atoms with E-state index in [0.29, 0.717) is 11.7 Å². The quantitative estimate of drug-likeness (QED) is 0.896. The van der Waals surface area contributed by atoms with Crippen LogP contribution < -0.4 is 5.32 Å². The predicted molar refractivity (Wildman–Crippen MR) is 71.5 cm³/mol. The van der Waals surface area contributed by atoms with Gasteiger partial charge in [0.05, 0.1) is 5.54 Å². The predicted octanol–water partition coefficient (Wildman–Crippen LogP) is 2.43. The largest absolute Gasteiger partial charge is 0.337 e. The van der Waals surface area contributed by atoms with Crippen LogP contribution >= 0.6 is 0 Å². The van der Waals surface area contributed by atoms with Crippen molar-refractivity contribution < 1.29 is 4.52 Å². The first-order valence-corrected chi connectivity index (χ1v) is 6.70. The van der Waals surface area contributed by atoms with E-state index >= 15 is 0 Å². The maximum atomic E-state index is 5.45. The van der Waals surface area contributed by atoms with Gasteiger partial charge >= 0.3 is 0 Å². The van der Waals surface area contributed by atoms with Gasteiger partial charge in [-0.3, -0.25) is 4.98 Å². The number of hydrogen-bond donors (Lipinski definition) is 1. The van der Waals surface area contributed by atoms with Crippen LogP contribution in [0, 0.1) is 6.92 Å². The van der Waals surface area contributed by atoms with Crippen molar-refractivity contribution in [3.8, 4) is 11.5 Å². The highest BCUT2D eigenvalue weighted by atomic mass is 16.5. The van der Waals surface area contributed by atoms with E-state index in [9.17, 15) is 0 Å². The normalized spacial score (nSPS) is 23.5. The van der Waals surface area contributed by atoms with E-state index in [-0.39, 0.29) is 5.54 Å². The van der Waals surface area contributed by atoms with Crippen molar-refractivity contribution in [2.24, 2.45) is 0 Å². The van der Waals surface area contributed by atoms with Crippen LogP contribution in [0.15, 0.2) is 22.9 Å². The molecule has 1 unspecified atom stereocenters. The molecule has 1 saturated heterocycles. The molecule has 1 atom stereocenters. The third-order valence-corrected chi connectivity index (χ3v) is 3.74. The molecule has 0 aromatic carbocycles. The molecule has 0 aliphatic carbocycles. The lowest BCUT2D eigenvalue weighted by Gasteiger charge is -2.31. The average molecular weight is 258 g/mol. The van der Waals surface area contributed by atoms with Crippen molar-refractivity contribution in [3.05, 3.63) is 29.8 Å². The molecule has 2 aromatic rings. The molecule has 2 aromatic heterocycles. The van der Waals surface area contributed by atoms with Gasteiger partial charge in [-0.25, -0.2) is 0 Å². The van der Waals surface area contributed by atoms with Crippen LogP contribution in [-0.2, 0) is 5.54 Å². The van der Waals surface area contributed by atoms with Crippen molar-refractivity contribution in [1.29, 1.82) is 0 Å². The molecule has 5 heteroatoms. The molecular weight excluding hydrogens is 240 g/mol. The van der Waals surface area contributed by atoms with Gasteiger partial charge in [0.25, 0.3) is 0 Å². The highest BCUT2D eigenvalue weighted by Gasteiger charge is 2.34. The molecule has 19 heavy (non-hydrogen) atoms. The monoisotopic (exact) mass is 258 g/mol. The van der Waals surface area contributed by atoms with Gasteiger partial charge in [0.2, 0.25) is 11.7 Å². The lowest BCUT2D eigenvalue weighted by Crippen LogP contribution is -2.43. The number of aromatic nitrogens is 3. The summed E-state index contributed by atoms with van der Waals surface area (Å²) in [7, 11) is 0. The van der Waals surface area contributed by atoms with Crippen LogP contribution in [0.3, 0.4) is 0 Å². The van der Waals surface area contributed by atoms with E-state index < -0.39 is 0 Å². The second-order valence-corrected chi connectivity index (χ2v) is 5.31. The molecule has 1 fully saturated rings. The van der Waals surface area contributed by atoms with Crippen LogP contribution in [0.1, 0.15) is 37.6 Å². The van der Waals surface area contributed by atoms with Crippen LogP contribution in [0.25, 0.3) is 11.5 Å². The Hall–Kier alpha value is -1.75. The second kappa shape index (κ2) is 4.74. The Morgan fingerprint density at radius 2 is 2.26 bits per heavy atom. The minimum Gasteiger partial charge on any atom is -0.337 e.